The molecular formula is C16H17NO4S2. The number of hydrogen-bond acceptors (Lipinski definition) is 5. The zero-order valence-corrected chi connectivity index (χ0v) is 14.3. The molecule has 0 aliphatic carbocycles. The van der Waals surface area contributed by atoms with Crippen LogP contribution in [0, 0.1) is 0 Å². The van der Waals surface area contributed by atoms with Crippen LogP contribution in [0.1, 0.15) is 16.1 Å². The van der Waals surface area contributed by atoms with Crippen molar-refractivity contribution in [1.82, 2.24) is 4.90 Å². The van der Waals surface area contributed by atoms with Crippen LogP contribution in [-0.2, 0) is 15.6 Å². The second kappa shape index (κ2) is 6.41. The summed E-state index contributed by atoms with van der Waals surface area (Å²) in [6, 6.07) is 10.7. The minimum atomic E-state index is -3.30. The van der Waals surface area contributed by atoms with Crippen molar-refractivity contribution in [2.75, 3.05) is 19.3 Å². The van der Waals surface area contributed by atoms with E-state index in [1.54, 1.807) is 23.1 Å². The van der Waals surface area contributed by atoms with E-state index in [9.17, 15) is 13.2 Å². The quantitative estimate of drug-likeness (QED) is 0.774. The molecule has 1 aliphatic rings. The van der Waals surface area contributed by atoms with Crippen molar-refractivity contribution in [3.8, 4) is 0 Å². The number of likely N-dealkylation sites (tertiary alicyclic amines) is 1. The number of benzene rings is 1. The SMILES string of the molecule is CSc1ccccc1C(=O)N1CC(S(=O)(=O)Cc2ccco2)C1. The number of amides is 1. The Morgan fingerprint density at radius 1 is 1.26 bits per heavy atom. The number of nitrogens with zero attached hydrogens (tertiary/aromatic N) is 1. The van der Waals surface area contributed by atoms with Gasteiger partial charge in [-0.25, -0.2) is 8.42 Å². The average molecular weight is 351 g/mol. The largest absolute Gasteiger partial charge is 0.468 e. The number of rotatable bonds is 5. The number of carbonyl (C=O) groups excluding carboxylic acids is 1. The van der Waals surface area contributed by atoms with Gasteiger partial charge >= 0.3 is 0 Å². The van der Waals surface area contributed by atoms with E-state index < -0.39 is 15.1 Å². The van der Waals surface area contributed by atoms with E-state index in [1.165, 1.54) is 18.0 Å². The van der Waals surface area contributed by atoms with Gasteiger partial charge in [0.2, 0.25) is 0 Å². The normalized spacial score (nSPS) is 15.4. The maximum atomic E-state index is 12.5. The number of carbonyl (C=O) groups is 1. The van der Waals surface area contributed by atoms with Crippen LogP contribution in [0.25, 0.3) is 0 Å². The molecule has 2 heterocycles. The Bertz CT molecular complexity index is 793. The molecule has 0 unspecified atom stereocenters. The van der Waals surface area contributed by atoms with Gasteiger partial charge in [-0.15, -0.1) is 11.8 Å². The molecule has 2 aromatic rings. The average Bonchev–Trinajstić information content (AvgIpc) is 2.97. The van der Waals surface area contributed by atoms with Crippen molar-refractivity contribution in [1.29, 1.82) is 0 Å². The molecule has 3 rings (SSSR count). The number of furan rings is 1. The van der Waals surface area contributed by atoms with E-state index in [0.29, 0.717) is 11.3 Å². The fourth-order valence-corrected chi connectivity index (χ4v) is 4.73. The summed E-state index contributed by atoms with van der Waals surface area (Å²) in [6.45, 7) is 0.481. The van der Waals surface area contributed by atoms with Gasteiger partial charge in [-0.05, 0) is 30.5 Å². The molecule has 0 N–H and O–H groups in total. The summed E-state index contributed by atoms with van der Waals surface area (Å²) in [5.41, 5.74) is 0.627. The summed E-state index contributed by atoms with van der Waals surface area (Å²) in [5, 5.41) is -0.516. The van der Waals surface area contributed by atoms with Gasteiger partial charge < -0.3 is 9.32 Å². The van der Waals surface area contributed by atoms with Crippen LogP contribution >= 0.6 is 11.8 Å². The number of thioether (sulfide) groups is 1. The highest BCUT2D eigenvalue weighted by Crippen LogP contribution is 2.26. The van der Waals surface area contributed by atoms with Gasteiger partial charge in [0, 0.05) is 18.0 Å². The third-order valence-corrected chi connectivity index (χ3v) is 6.70. The Balaban J connectivity index is 1.65. The highest BCUT2D eigenvalue weighted by molar-refractivity contribution is 7.98. The molecule has 1 amide bonds. The van der Waals surface area contributed by atoms with Crippen LogP contribution in [0.3, 0.4) is 0 Å². The minimum Gasteiger partial charge on any atom is -0.468 e. The van der Waals surface area contributed by atoms with Crippen molar-refractivity contribution in [2.45, 2.75) is 15.9 Å². The second-order valence-electron chi connectivity index (χ2n) is 5.42. The van der Waals surface area contributed by atoms with Gasteiger partial charge in [0.05, 0.1) is 17.1 Å². The smallest absolute Gasteiger partial charge is 0.255 e. The fraction of sp³-hybridized carbons (Fsp3) is 0.312. The van der Waals surface area contributed by atoms with Crippen molar-refractivity contribution < 1.29 is 17.6 Å². The van der Waals surface area contributed by atoms with Gasteiger partial charge in [-0.3, -0.25) is 4.79 Å². The molecule has 0 atom stereocenters. The highest BCUT2D eigenvalue weighted by Gasteiger charge is 2.40. The van der Waals surface area contributed by atoms with Crippen LogP contribution < -0.4 is 0 Å². The molecule has 7 heteroatoms. The molecule has 5 nitrogen and oxygen atoms in total. The summed E-state index contributed by atoms with van der Waals surface area (Å²) in [4.78, 5) is 15.0. The molecule has 0 spiro atoms. The zero-order valence-electron chi connectivity index (χ0n) is 12.6. The Hall–Kier alpha value is -1.73. The lowest BCUT2D eigenvalue weighted by Crippen LogP contribution is -2.57. The minimum absolute atomic E-state index is 0.112. The van der Waals surface area contributed by atoms with Crippen LogP contribution in [0.2, 0.25) is 0 Å². The first-order chi connectivity index (χ1) is 11.0. The lowest BCUT2D eigenvalue weighted by Gasteiger charge is -2.38. The summed E-state index contributed by atoms with van der Waals surface area (Å²) in [7, 11) is -3.30. The number of hydrogen-bond donors (Lipinski definition) is 0. The van der Waals surface area contributed by atoms with E-state index in [0.717, 1.165) is 4.90 Å². The van der Waals surface area contributed by atoms with Crippen LogP contribution in [-0.4, -0.2) is 43.8 Å². The summed E-state index contributed by atoms with van der Waals surface area (Å²) >= 11 is 1.51. The standard InChI is InChI=1S/C16H17NO4S2/c1-22-15-7-3-2-6-14(15)16(18)17-9-13(10-17)23(19,20)11-12-5-4-8-21-12/h2-8,13H,9-11H2,1H3. The fourth-order valence-electron chi connectivity index (χ4n) is 2.53. The molecule has 1 saturated heterocycles. The van der Waals surface area contributed by atoms with Crippen LogP contribution in [0.4, 0.5) is 0 Å². The van der Waals surface area contributed by atoms with Gasteiger partial charge in [0.1, 0.15) is 11.5 Å². The first-order valence-electron chi connectivity index (χ1n) is 7.17. The molecule has 122 valence electrons. The molecule has 1 aromatic heterocycles. The van der Waals surface area contributed by atoms with Crippen LogP contribution in [0.15, 0.2) is 52.0 Å². The van der Waals surface area contributed by atoms with E-state index in [2.05, 4.69) is 0 Å². The lowest BCUT2D eigenvalue weighted by atomic mass is 10.1. The summed E-state index contributed by atoms with van der Waals surface area (Å²) in [5.74, 6) is 0.204. The molecule has 23 heavy (non-hydrogen) atoms. The van der Waals surface area contributed by atoms with Gasteiger partial charge in [0.15, 0.2) is 9.84 Å². The van der Waals surface area contributed by atoms with Crippen molar-refractivity contribution >= 4 is 27.5 Å². The predicted molar refractivity (Wildman–Crippen MR) is 89.2 cm³/mol. The molecule has 0 radical (unpaired) electrons. The number of sulfone groups is 1. The van der Waals surface area contributed by atoms with Gasteiger partial charge in [-0.1, -0.05) is 12.1 Å². The lowest BCUT2D eigenvalue weighted by molar-refractivity contribution is 0.0655. The van der Waals surface area contributed by atoms with E-state index >= 15 is 0 Å². The monoisotopic (exact) mass is 351 g/mol. The van der Waals surface area contributed by atoms with Gasteiger partial charge in [-0.2, -0.15) is 0 Å². The Morgan fingerprint density at radius 3 is 2.65 bits per heavy atom. The summed E-state index contributed by atoms with van der Waals surface area (Å²) < 4.78 is 29.7. The molecule has 1 aliphatic heterocycles. The first kappa shape index (κ1) is 16.1. The molecule has 0 bridgehead atoms. The van der Waals surface area contributed by atoms with Crippen molar-refractivity contribution in [2.24, 2.45) is 0 Å². The van der Waals surface area contributed by atoms with E-state index in [4.69, 9.17) is 4.42 Å². The third kappa shape index (κ3) is 3.30. The predicted octanol–water partition coefficient (Wildman–Crippen LogP) is 2.44. The second-order valence-corrected chi connectivity index (χ2v) is 8.55. The van der Waals surface area contributed by atoms with E-state index in [-0.39, 0.29) is 24.7 Å². The van der Waals surface area contributed by atoms with Crippen molar-refractivity contribution in [3.05, 3.63) is 54.0 Å². The molecule has 0 saturated carbocycles. The third-order valence-electron chi connectivity index (χ3n) is 3.90. The molecule has 1 fully saturated rings. The maximum Gasteiger partial charge on any atom is 0.255 e. The highest BCUT2D eigenvalue weighted by atomic mass is 32.2. The Morgan fingerprint density at radius 2 is 2.00 bits per heavy atom. The van der Waals surface area contributed by atoms with Crippen molar-refractivity contribution in [3.63, 3.8) is 0 Å². The first-order valence-corrected chi connectivity index (χ1v) is 10.1. The maximum absolute atomic E-state index is 12.5. The van der Waals surface area contributed by atoms with E-state index in [1.807, 2.05) is 24.5 Å². The Kier molecular flexibility index (Phi) is 4.50. The summed E-state index contributed by atoms with van der Waals surface area (Å²) in [6.07, 6.45) is 3.37. The molecular weight excluding hydrogens is 334 g/mol. The van der Waals surface area contributed by atoms with Gasteiger partial charge in [0.25, 0.3) is 5.91 Å². The molecule has 1 aromatic carbocycles. The topological polar surface area (TPSA) is 67.6 Å². The van der Waals surface area contributed by atoms with Crippen LogP contribution in [0.5, 0.6) is 0 Å². The Labute approximate surface area is 139 Å². The zero-order chi connectivity index (χ0) is 16.4.